The molecule has 6 heterocycles. The second kappa shape index (κ2) is 13.5. The summed E-state index contributed by atoms with van der Waals surface area (Å²) < 4.78 is 69.7. The van der Waals surface area contributed by atoms with Gasteiger partial charge in [-0.15, -0.1) is 0 Å². The van der Waals surface area contributed by atoms with Crippen LogP contribution in [0.1, 0.15) is 55.4 Å². The molecule has 0 radical (unpaired) electrons. The maximum absolute atomic E-state index is 13.7. The lowest BCUT2D eigenvalue weighted by Gasteiger charge is -2.37. The molecule has 0 aromatic carbocycles. The molecule has 0 aromatic rings. The molecule has 282 valence electrons. The van der Waals surface area contributed by atoms with Gasteiger partial charge in [-0.2, -0.15) is 0 Å². The number of hydrogen-bond acceptors (Lipinski definition) is 18. The zero-order valence-electron chi connectivity index (χ0n) is 29.3. The first-order chi connectivity index (χ1) is 23.2. The number of carbonyl (C=O) groups excluding carboxylic acids is 4. The fourth-order valence-corrected chi connectivity index (χ4v) is 8.97. The van der Waals surface area contributed by atoms with E-state index < -0.39 is 119 Å². The highest BCUT2D eigenvalue weighted by molar-refractivity contribution is 8.77. The van der Waals surface area contributed by atoms with Crippen molar-refractivity contribution in [1.29, 1.82) is 0 Å². The predicted molar refractivity (Wildman–Crippen MR) is 168 cm³/mol. The van der Waals surface area contributed by atoms with Gasteiger partial charge in [-0.3, -0.25) is 9.59 Å². The second-order valence-electron chi connectivity index (χ2n) is 14.2. The zero-order chi connectivity index (χ0) is 36.6. The SMILES string of the molecule is COC(=O)[C@@H](NC(=O)[C@H]1O[C@@H]2OC(C)(C)O[C@@H]2[C@H]2OC(C)(C)O[C@H]21)SS[C@H](NC(=O)[C@H]1O[C@@H]2OC(C)(C)O[C@@H]2[C@H]2OC(C)(C)O[C@H]21)C(=O)OC. The maximum Gasteiger partial charge on any atom is 0.339 e. The van der Waals surface area contributed by atoms with Gasteiger partial charge >= 0.3 is 11.9 Å². The lowest BCUT2D eigenvalue weighted by molar-refractivity contribution is -0.231. The number of methoxy groups -OCH3 is 2. The fourth-order valence-electron chi connectivity index (χ4n) is 6.64. The molecule has 50 heavy (non-hydrogen) atoms. The van der Waals surface area contributed by atoms with E-state index in [0.29, 0.717) is 0 Å². The van der Waals surface area contributed by atoms with Gasteiger partial charge in [0.2, 0.25) is 0 Å². The van der Waals surface area contributed by atoms with Gasteiger partial charge in [-0.1, -0.05) is 21.6 Å². The van der Waals surface area contributed by atoms with Crippen LogP contribution < -0.4 is 10.6 Å². The fraction of sp³-hybridized carbons (Fsp3) is 0.867. The lowest BCUT2D eigenvalue weighted by Crippen LogP contribution is -2.61. The largest absolute Gasteiger partial charge is 0.467 e. The van der Waals surface area contributed by atoms with E-state index in [9.17, 15) is 19.2 Å². The van der Waals surface area contributed by atoms with Crippen LogP contribution in [0, 0.1) is 0 Å². The maximum atomic E-state index is 13.7. The van der Waals surface area contributed by atoms with E-state index in [1.807, 2.05) is 0 Å². The molecule has 2 amide bonds. The van der Waals surface area contributed by atoms with Crippen molar-refractivity contribution in [2.24, 2.45) is 0 Å². The summed E-state index contributed by atoms with van der Waals surface area (Å²) in [4.78, 5) is 53.2. The van der Waals surface area contributed by atoms with Crippen LogP contribution in [0.3, 0.4) is 0 Å². The van der Waals surface area contributed by atoms with Gasteiger partial charge in [0, 0.05) is 0 Å². The zero-order valence-corrected chi connectivity index (χ0v) is 30.9. The summed E-state index contributed by atoms with van der Waals surface area (Å²) in [7, 11) is 3.74. The van der Waals surface area contributed by atoms with Gasteiger partial charge in [0.05, 0.1) is 14.2 Å². The molecule has 0 unspecified atom stereocenters. The summed E-state index contributed by atoms with van der Waals surface area (Å²) in [5.74, 6) is -7.35. The van der Waals surface area contributed by atoms with Crippen LogP contribution >= 0.6 is 21.6 Å². The number of esters is 2. The topological polar surface area (TPSA) is 203 Å². The summed E-state index contributed by atoms with van der Waals surface area (Å²) in [5.41, 5.74) is 0. The Kier molecular flexibility index (Phi) is 10.3. The molecule has 18 nitrogen and oxygen atoms in total. The molecule has 0 saturated carbocycles. The lowest BCUT2D eigenvalue weighted by atomic mass is 9.98. The van der Waals surface area contributed by atoms with Crippen LogP contribution in [-0.2, 0) is 76.0 Å². The highest BCUT2D eigenvalue weighted by Gasteiger charge is 2.64. The Morgan fingerprint density at radius 3 is 1.14 bits per heavy atom. The van der Waals surface area contributed by atoms with Crippen LogP contribution in [-0.4, -0.2) is 133 Å². The van der Waals surface area contributed by atoms with Gasteiger partial charge in [-0.25, -0.2) is 9.59 Å². The van der Waals surface area contributed by atoms with Crippen molar-refractivity contribution in [3.05, 3.63) is 0 Å². The Bertz CT molecular complexity index is 1260. The summed E-state index contributed by atoms with van der Waals surface area (Å²) in [6, 6.07) is 0. The Balaban J connectivity index is 1.14. The number of hydrogen-bond donors (Lipinski definition) is 2. The molecule has 6 fully saturated rings. The van der Waals surface area contributed by atoms with E-state index in [0.717, 1.165) is 35.8 Å². The Morgan fingerprint density at radius 1 is 0.500 bits per heavy atom. The third kappa shape index (κ3) is 7.63. The molecule has 6 aliphatic rings. The minimum Gasteiger partial charge on any atom is -0.467 e. The molecule has 12 atom stereocenters. The third-order valence-electron chi connectivity index (χ3n) is 8.45. The molecule has 0 spiro atoms. The molecule has 6 aliphatic heterocycles. The van der Waals surface area contributed by atoms with E-state index in [1.54, 1.807) is 55.4 Å². The molecule has 6 saturated heterocycles. The van der Waals surface area contributed by atoms with E-state index in [2.05, 4.69) is 10.6 Å². The average molecular weight is 753 g/mol. The molecular formula is C30H44N2O16S2. The summed E-state index contributed by atoms with van der Waals surface area (Å²) >= 11 is 0. The second-order valence-corrected chi connectivity index (χ2v) is 16.7. The van der Waals surface area contributed by atoms with Crippen molar-refractivity contribution in [2.45, 2.75) is 151 Å². The van der Waals surface area contributed by atoms with Crippen molar-refractivity contribution in [2.75, 3.05) is 14.2 Å². The van der Waals surface area contributed by atoms with Gasteiger partial charge in [0.25, 0.3) is 11.8 Å². The summed E-state index contributed by atoms with van der Waals surface area (Å²) in [6.45, 7) is 13.6. The van der Waals surface area contributed by atoms with Crippen LogP contribution in [0.25, 0.3) is 0 Å². The monoisotopic (exact) mass is 752 g/mol. The van der Waals surface area contributed by atoms with E-state index >= 15 is 0 Å². The van der Waals surface area contributed by atoms with E-state index in [1.165, 1.54) is 0 Å². The number of ether oxygens (including phenoxy) is 12. The number of fused-ring (bicyclic) bond motifs is 6. The number of rotatable bonds is 9. The molecule has 6 rings (SSSR count). The average Bonchev–Trinajstić information content (AvgIpc) is 3.72. The molecule has 0 aliphatic carbocycles. The summed E-state index contributed by atoms with van der Waals surface area (Å²) in [5, 5.41) is 2.42. The normalized spacial score (nSPS) is 39.6. The predicted octanol–water partition coefficient (Wildman–Crippen LogP) is 0.391. The Morgan fingerprint density at radius 2 is 0.800 bits per heavy atom. The van der Waals surface area contributed by atoms with Crippen molar-refractivity contribution in [3.8, 4) is 0 Å². The first-order valence-corrected chi connectivity index (χ1v) is 18.3. The van der Waals surface area contributed by atoms with Crippen molar-refractivity contribution in [1.82, 2.24) is 10.6 Å². The minimum absolute atomic E-state index is 0.674. The van der Waals surface area contributed by atoms with E-state index in [4.69, 9.17) is 56.8 Å². The number of nitrogens with one attached hydrogen (secondary N) is 2. The highest BCUT2D eigenvalue weighted by atomic mass is 33.1. The van der Waals surface area contributed by atoms with Crippen LogP contribution in [0.5, 0.6) is 0 Å². The van der Waals surface area contributed by atoms with Crippen molar-refractivity contribution in [3.63, 3.8) is 0 Å². The molecule has 20 heteroatoms. The van der Waals surface area contributed by atoms with E-state index in [-0.39, 0.29) is 0 Å². The van der Waals surface area contributed by atoms with Gasteiger partial charge in [-0.05, 0) is 55.4 Å². The Labute approximate surface area is 296 Å². The van der Waals surface area contributed by atoms with Crippen LogP contribution in [0.15, 0.2) is 0 Å². The quantitative estimate of drug-likeness (QED) is 0.186. The minimum atomic E-state index is -1.39. The third-order valence-corrected chi connectivity index (χ3v) is 11.1. The number of amides is 2. The van der Waals surface area contributed by atoms with Gasteiger partial charge in [0.1, 0.15) is 36.6 Å². The van der Waals surface area contributed by atoms with Gasteiger partial charge < -0.3 is 67.5 Å². The van der Waals surface area contributed by atoms with Crippen LogP contribution in [0.4, 0.5) is 0 Å². The van der Waals surface area contributed by atoms with Crippen LogP contribution in [0.2, 0.25) is 0 Å². The molecule has 0 bridgehead atoms. The van der Waals surface area contributed by atoms with Crippen molar-refractivity contribution >= 4 is 45.3 Å². The summed E-state index contributed by atoms with van der Waals surface area (Å²) in [6.07, 6.45) is -9.08. The van der Waals surface area contributed by atoms with Gasteiger partial charge in [0.15, 0.2) is 58.7 Å². The molecular weight excluding hydrogens is 708 g/mol. The molecule has 2 N–H and O–H groups in total. The smallest absolute Gasteiger partial charge is 0.339 e. The van der Waals surface area contributed by atoms with Crippen molar-refractivity contribution < 1.29 is 76.0 Å². The molecule has 0 aromatic heterocycles. The first-order valence-electron chi connectivity index (χ1n) is 16.0. The standard InChI is InChI=1S/C30H44N2O16S2/c1-27(2)41-11-13(43-27)17-25(47-29(5,6)45-17)39-15(11)19(33)31-21(23(35)37-9)49-50-22(24(36)38-10)32-20(34)16-12-14(44-28(3,4)42-12)18-26(40-16)48-30(7,8)46-18/h11-18,21-22,25-26H,1-10H3,(H,31,33)(H,32,34)/t11-,12-,13+,14+,15+,16+,17-,18-,21+,22+,25-,26-/m1/s1. The Hall–Kier alpha value is -1.82. The number of carbonyl (C=O) groups is 4. The highest BCUT2D eigenvalue weighted by Crippen LogP contribution is 2.46. The first kappa shape index (κ1) is 37.9.